The van der Waals surface area contributed by atoms with Crippen molar-refractivity contribution in [1.29, 1.82) is 0 Å². The largest absolute Gasteiger partial charge is 0.492 e. The molecule has 8 heteroatoms. The molecule has 2 saturated carbocycles. The van der Waals surface area contributed by atoms with Crippen LogP contribution in [0.4, 0.5) is 0 Å². The Hall–Kier alpha value is -2.71. The van der Waals surface area contributed by atoms with E-state index in [9.17, 15) is 14.7 Å². The van der Waals surface area contributed by atoms with E-state index in [1.165, 1.54) is 12.3 Å². The molecule has 4 N–H and O–H groups in total. The Balaban J connectivity index is 1.78. The Morgan fingerprint density at radius 2 is 2.06 bits per heavy atom. The molecule has 32 heavy (non-hydrogen) atoms. The number of nitrogens with zero attached hydrogens (tertiary/aromatic N) is 1. The van der Waals surface area contributed by atoms with E-state index in [1.807, 2.05) is 0 Å². The summed E-state index contributed by atoms with van der Waals surface area (Å²) in [7, 11) is 1.67. The van der Waals surface area contributed by atoms with Gasteiger partial charge in [-0.1, -0.05) is 0 Å². The van der Waals surface area contributed by atoms with Gasteiger partial charge in [0, 0.05) is 43.9 Å². The number of H-pyrrole nitrogens is 1. The summed E-state index contributed by atoms with van der Waals surface area (Å²) in [4.78, 5) is 31.7. The number of nitrogens with one attached hydrogen (secondary N) is 1. The number of carboxylic acids is 1. The lowest BCUT2D eigenvalue weighted by Crippen LogP contribution is -2.32. The summed E-state index contributed by atoms with van der Waals surface area (Å²) in [6.07, 6.45) is 6.78. The first-order chi connectivity index (χ1) is 15.3. The van der Waals surface area contributed by atoms with E-state index < -0.39 is 11.4 Å². The SMILES string of the molecule is COCCCOc1cc(C2CCC(C)(N)C2)c(-c2cc(=O)c(C(=O)O)c[nH]2)nc1C1CC1. The van der Waals surface area contributed by atoms with Gasteiger partial charge in [-0.2, -0.15) is 0 Å². The van der Waals surface area contributed by atoms with Crippen LogP contribution in [-0.2, 0) is 4.74 Å². The summed E-state index contributed by atoms with van der Waals surface area (Å²) >= 11 is 0. The Labute approximate surface area is 187 Å². The average molecular weight is 442 g/mol. The first-order valence-electron chi connectivity index (χ1n) is 11.2. The minimum Gasteiger partial charge on any atom is -0.492 e. The van der Waals surface area contributed by atoms with Gasteiger partial charge in [0.2, 0.25) is 0 Å². The summed E-state index contributed by atoms with van der Waals surface area (Å²) in [5.74, 6) is 0.0648. The van der Waals surface area contributed by atoms with Gasteiger partial charge in [-0.3, -0.25) is 4.79 Å². The number of hydrogen-bond acceptors (Lipinski definition) is 6. The Morgan fingerprint density at radius 3 is 2.66 bits per heavy atom. The van der Waals surface area contributed by atoms with Crippen LogP contribution in [-0.4, -0.2) is 46.9 Å². The number of methoxy groups -OCH3 is 1. The molecule has 0 aliphatic heterocycles. The summed E-state index contributed by atoms with van der Waals surface area (Å²) in [6.45, 7) is 3.23. The molecule has 0 amide bonds. The van der Waals surface area contributed by atoms with Crippen molar-refractivity contribution in [3.05, 3.63) is 45.4 Å². The van der Waals surface area contributed by atoms with Crippen molar-refractivity contribution in [2.75, 3.05) is 20.3 Å². The summed E-state index contributed by atoms with van der Waals surface area (Å²) in [5, 5.41) is 9.22. The number of nitrogens with two attached hydrogens (primary N) is 1. The van der Waals surface area contributed by atoms with E-state index in [2.05, 4.69) is 18.0 Å². The van der Waals surface area contributed by atoms with Gasteiger partial charge in [-0.05, 0) is 56.6 Å². The third-order valence-corrected chi connectivity index (χ3v) is 6.37. The van der Waals surface area contributed by atoms with Crippen LogP contribution in [0.15, 0.2) is 23.1 Å². The monoisotopic (exact) mass is 441 g/mol. The van der Waals surface area contributed by atoms with Crippen molar-refractivity contribution in [3.8, 4) is 17.1 Å². The topological polar surface area (TPSA) is 128 Å². The fourth-order valence-electron chi connectivity index (χ4n) is 4.51. The van der Waals surface area contributed by atoms with Crippen LogP contribution in [0.1, 0.15) is 78.9 Å². The van der Waals surface area contributed by atoms with Crippen LogP contribution in [0.2, 0.25) is 0 Å². The van der Waals surface area contributed by atoms with E-state index in [0.717, 1.165) is 55.5 Å². The zero-order valence-electron chi connectivity index (χ0n) is 18.6. The molecule has 2 aromatic heterocycles. The number of pyridine rings is 2. The van der Waals surface area contributed by atoms with Crippen molar-refractivity contribution in [1.82, 2.24) is 9.97 Å². The van der Waals surface area contributed by atoms with Gasteiger partial charge in [-0.25, -0.2) is 9.78 Å². The fraction of sp³-hybridized carbons (Fsp3) is 0.542. The smallest absolute Gasteiger partial charge is 0.341 e. The maximum absolute atomic E-state index is 12.4. The minimum atomic E-state index is -1.25. The van der Waals surface area contributed by atoms with E-state index >= 15 is 0 Å². The van der Waals surface area contributed by atoms with Crippen molar-refractivity contribution in [2.45, 2.75) is 62.8 Å². The Bertz CT molecular complexity index is 1060. The average Bonchev–Trinajstić information content (AvgIpc) is 3.53. The molecule has 2 fully saturated rings. The summed E-state index contributed by atoms with van der Waals surface area (Å²) < 4.78 is 11.3. The van der Waals surface area contributed by atoms with Crippen LogP contribution in [0.3, 0.4) is 0 Å². The molecule has 0 spiro atoms. The molecule has 2 aliphatic rings. The third-order valence-electron chi connectivity index (χ3n) is 6.37. The normalized spacial score (nSPS) is 22.8. The highest BCUT2D eigenvalue weighted by Crippen LogP contribution is 2.48. The number of aromatic amines is 1. The first kappa shape index (κ1) is 22.5. The number of rotatable bonds is 9. The molecule has 0 aromatic carbocycles. The molecule has 2 aromatic rings. The number of carbonyl (C=O) groups is 1. The molecule has 0 radical (unpaired) electrons. The molecule has 172 valence electrons. The van der Waals surface area contributed by atoms with Crippen LogP contribution in [0, 0.1) is 0 Å². The quantitative estimate of drug-likeness (QED) is 0.509. The lowest BCUT2D eigenvalue weighted by atomic mass is 9.91. The maximum atomic E-state index is 12.4. The van der Waals surface area contributed by atoms with Crippen LogP contribution >= 0.6 is 0 Å². The second kappa shape index (κ2) is 9.03. The Morgan fingerprint density at radius 1 is 1.28 bits per heavy atom. The summed E-state index contributed by atoms with van der Waals surface area (Å²) in [6, 6.07) is 3.40. The van der Waals surface area contributed by atoms with Gasteiger partial charge in [-0.15, -0.1) is 0 Å². The zero-order chi connectivity index (χ0) is 22.9. The number of aromatic carboxylic acids is 1. The molecule has 4 rings (SSSR count). The van der Waals surface area contributed by atoms with Crippen molar-refractivity contribution in [2.24, 2.45) is 5.73 Å². The second-order valence-corrected chi connectivity index (χ2v) is 9.30. The first-order valence-corrected chi connectivity index (χ1v) is 11.2. The van der Waals surface area contributed by atoms with E-state index in [0.29, 0.717) is 30.5 Å². The molecular weight excluding hydrogens is 410 g/mol. The van der Waals surface area contributed by atoms with E-state index in [4.69, 9.17) is 20.2 Å². The van der Waals surface area contributed by atoms with Crippen molar-refractivity contribution < 1.29 is 19.4 Å². The molecule has 0 saturated heterocycles. The molecular formula is C24H31N3O5. The number of hydrogen-bond donors (Lipinski definition) is 3. The molecule has 2 atom stereocenters. The van der Waals surface area contributed by atoms with Crippen LogP contribution in [0.25, 0.3) is 11.4 Å². The lowest BCUT2D eigenvalue weighted by molar-refractivity contribution is 0.0695. The van der Waals surface area contributed by atoms with Gasteiger partial charge >= 0.3 is 5.97 Å². The lowest BCUT2D eigenvalue weighted by Gasteiger charge is -2.21. The second-order valence-electron chi connectivity index (χ2n) is 9.30. The third kappa shape index (κ3) is 4.86. The van der Waals surface area contributed by atoms with E-state index in [-0.39, 0.29) is 17.0 Å². The van der Waals surface area contributed by atoms with Crippen molar-refractivity contribution in [3.63, 3.8) is 0 Å². The van der Waals surface area contributed by atoms with Gasteiger partial charge in [0.1, 0.15) is 11.3 Å². The molecule has 8 nitrogen and oxygen atoms in total. The van der Waals surface area contributed by atoms with Gasteiger partial charge < -0.3 is 25.3 Å². The molecule has 2 heterocycles. The van der Waals surface area contributed by atoms with Crippen LogP contribution < -0.4 is 15.9 Å². The zero-order valence-corrected chi connectivity index (χ0v) is 18.6. The molecule has 2 unspecified atom stereocenters. The van der Waals surface area contributed by atoms with Crippen molar-refractivity contribution >= 4 is 5.97 Å². The minimum absolute atomic E-state index is 0.185. The number of ether oxygens (including phenoxy) is 2. The molecule has 0 bridgehead atoms. The van der Waals surface area contributed by atoms with Gasteiger partial charge in [0.05, 0.1) is 23.7 Å². The Kier molecular flexibility index (Phi) is 6.35. The summed E-state index contributed by atoms with van der Waals surface area (Å²) in [5.41, 5.74) is 8.44. The standard InChI is InChI=1S/C24H31N3O5/c1-24(25)7-6-15(12-24)16-10-20(32-9-3-8-31-2)21(14-4-5-14)27-22(16)18-11-19(28)17(13-26-18)23(29)30/h10-11,13-15H,3-9,12,25H2,1-2H3,(H,26,28)(H,29,30). The van der Waals surface area contributed by atoms with Gasteiger partial charge in [0.25, 0.3) is 0 Å². The highest BCUT2D eigenvalue weighted by atomic mass is 16.5. The van der Waals surface area contributed by atoms with Gasteiger partial charge in [0.15, 0.2) is 5.43 Å². The number of carboxylic acid groups (broad SMARTS) is 1. The highest BCUT2D eigenvalue weighted by Gasteiger charge is 2.36. The predicted molar refractivity (Wildman–Crippen MR) is 120 cm³/mol. The maximum Gasteiger partial charge on any atom is 0.341 e. The predicted octanol–water partition coefficient (Wildman–Crippen LogP) is 3.41. The van der Waals surface area contributed by atoms with E-state index in [1.54, 1.807) is 7.11 Å². The van der Waals surface area contributed by atoms with Crippen LogP contribution in [0.5, 0.6) is 5.75 Å². The molecule has 2 aliphatic carbocycles. The highest BCUT2D eigenvalue weighted by molar-refractivity contribution is 5.87. The fourth-order valence-corrected chi connectivity index (χ4v) is 4.51. The number of aromatic nitrogens is 2.